The average molecular weight is 306 g/mol. The molecule has 0 spiro atoms. The fraction of sp³-hybridized carbons (Fsp3) is 0.667. The van der Waals surface area contributed by atoms with E-state index in [1.807, 2.05) is 0 Å². The van der Waals surface area contributed by atoms with E-state index in [2.05, 4.69) is 50.0 Å². The van der Waals surface area contributed by atoms with Crippen molar-refractivity contribution in [2.75, 3.05) is 32.8 Å². The number of nitrogens with zero attached hydrogens (tertiary/aromatic N) is 1. The van der Waals surface area contributed by atoms with Crippen LogP contribution < -0.4 is 10.1 Å². The van der Waals surface area contributed by atoms with E-state index < -0.39 is 6.10 Å². The molecular weight excluding hydrogens is 276 g/mol. The molecule has 1 aromatic carbocycles. The molecule has 0 aromatic heterocycles. The topological polar surface area (TPSA) is 44.7 Å². The lowest BCUT2D eigenvalue weighted by atomic mass is 9.94. The van der Waals surface area contributed by atoms with Crippen LogP contribution in [0.3, 0.4) is 0 Å². The van der Waals surface area contributed by atoms with Crippen LogP contribution in [0.25, 0.3) is 0 Å². The standard InChI is InChI=1S/C18H30N2O2/c1-5-12-22-18-14(3)7-6-13(2)16(18)17(21)15(4)20-10-8-19-9-11-20/h6-7,15,17,19,21H,5,8-12H2,1-4H3. The Hall–Kier alpha value is -1.10. The minimum absolute atomic E-state index is 0.0894. The lowest BCUT2D eigenvalue weighted by Crippen LogP contribution is -2.49. The molecule has 22 heavy (non-hydrogen) atoms. The number of hydrogen-bond acceptors (Lipinski definition) is 4. The molecule has 1 aliphatic rings. The zero-order chi connectivity index (χ0) is 16.1. The van der Waals surface area contributed by atoms with Gasteiger partial charge in [-0.3, -0.25) is 4.90 Å². The Morgan fingerprint density at radius 2 is 1.86 bits per heavy atom. The second kappa shape index (κ2) is 7.95. The Morgan fingerprint density at radius 1 is 1.23 bits per heavy atom. The zero-order valence-electron chi connectivity index (χ0n) is 14.4. The first-order valence-corrected chi connectivity index (χ1v) is 8.42. The molecule has 0 saturated carbocycles. The molecule has 1 fully saturated rings. The highest BCUT2D eigenvalue weighted by atomic mass is 16.5. The largest absolute Gasteiger partial charge is 0.493 e. The van der Waals surface area contributed by atoms with Crippen LogP contribution in [0, 0.1) is 13.8 Å². The summed E-state index contributed by atoms with van der Waals surface area (Å²) in [4.78, 5) is 2.35. The van der Waals surface area contributed by atoms with Crippen molar-refractivity contribution in [1.82, 2.24) is 10.2 Å². The number of rotatable bonds is 6. The van der Waals surface area contributed by atoms with Gasteiger partial charge in [0.15, 0.2) is 0 Å². The van der Waals surface area contributed by atoms with Crippen LogP contribution in [0.2, 0.25) is 0 Å². The maximum Gasteiger partial charge on any atom is 0.128 e. The minimum atomic E-state index is -0.523. The number of hydrogen-bond donors (Lipinski definition) is 2. The molecule has 1 heterocycles. The Bertz CT molecular complexity index is 484. The fourth-order valence-corrected chi connectivity index (χ4v) is 3.10. The van der Waals surface area contributed by atoms with Gasteiger partial charge in [0.2, 0.25) is 0 Å². The molecule has 0 aliphatic carbocycles. The third-order valence-corrected chi connectivity index (χ3v) is 4.54. The second-order valence-electron chi connectivity index (χ2n) is 6.26. The van der Waals surface area contributed by atoms with Crippen molar-refractivity contribution in [2.24, 2.45) is 0 Å². The van der Waals surface area contributed by atoms with Crippen LogP contribution in [-0.4, -0.2) is 48.8 Å². The molecule has 2 N–H and O–H groups in total. The third kappa shape index (κ3) is 3.80. The summed E-state index contributed by atoms with van der Waals surface area (Å²) in [7, 11) is 0. The smallest absolute Gasteiger partial charge is 0.128 e. The molecular formula is C18H30N2O2. The molecule has 4 heteroatoms. The number of nitrogens with one attached hydrogen (secondary N) is 1. The number of aryl methyl sites for hydroxylation is 2. The van der Waals surface area contributed by atoms with E-state index in [1.165, 1.54) is 0 Å². The third-order valence-electron chi connectivity index (χ3n) is 4.54. The molecule has 1 aliphatic heterocycles. The van der Waals surface area contributed by atoms with Crippen molar-refractivity contribution in [2.45, 2.75) is 46.3 Å². The van der Waals surface area contributed by atoms with Gasteiger partial charge in [0, 0.05) is 37.8 Å². The van der Waals surface area contributed by atoms with E-state index in [1.54, 1.807) is 0 Å². The number of piperazine rings is 1. The van der Waals surface area contributed by atoms with Gasteiger partial charge >= 0.3 is 0 Å². The Balaban J connectivity index is 2.26. The van der Waals surface area contributed by atoms with Crippen LogP contribution in [0.4, 0.5) is 0 Å². The number of aliphatic hydroxyl groups excluding tert-OH is 1. The Morgan fingerprint density at radius 3 is 2.50 bits per heavy atom. The highest BCUT2D eigenvalue weighted by molar-refractivity contribution is 5.47. The molecule has 0 radical (unpaired) electrons. The first-order valence-electron chi connectivity index (χ1n) is 8.42. The molecule has 2 atom stereocenters. The van der Waals surface area contributed by atoms with Gasteiger partial charge in [0.25, 0.3) is 0 Å². The van der Waals surface area contributed by atoms with E-state index in [9.17, 15) is 5.11 Å². The summed E-state index contributed by atoms with van der Waals surface area (Å²) in [5.41, 5.74) is 3.16. The number of ether oxygens (including phenoxy) is 1. The molecule has 4 nitrogen and oxygen atoms in total. The maximum atomic E-state index is 11.0. The van der Waals surface area contributed by atoms with E-state index >= 15 is 0 Å². The summed E-state index contributed by atoms with van der Waals surface area (Å²) in [5.74, 6) is 0.872. The van der Waals surface area contributed by atoms with Gasteiger partial charge in [-0.25, -0.2) is 0 Å². The van der Waals surface area contributed by atoms with Crippen molar-refractivity contribution >= 4 is 0 Å². The lowest BCUT2D eigenvalue weighted by Gasteiger charge is -2.36. The monoisotopic (exact) mass is 306 g/mol. The molecule has 0 bridgehead atoms. The number of aliphatic hydroxyl groups is 1. The summed E-state index contributed by atoms with van der Waals surface area (Å²) in [6.45, 7) is 12.9. The van der Waals surface area contributed by atoms with Crippen LogP contribution in [0.15, 0.2) is 12.1 Å². The van der Waals surface area contributed by atoms with Crippen LogP contribution in [0.1, 0.15) is 43.1 Å². The molecule has 1 saturated heterocycles. The molecule has 2 unspecified atom stereocenters. The zero-order valence-corrected chi connectivity index (χ0v) is 14.4. The summed E-state index contributed by atoms with van der Waals surface area (Å²) < 4.78 is 5.97. The first-order chi connectivity index (χ1) is 10.6. The lowest BCUT2D eigenvalue weighted by molar-refractivity contribution is 0.0486. The van der Waals surface area contributed by atoms with Gasteiger partial charge < -0.3 is 15.2 Å². The normalized spacial score (nSPS) is 19.0. The van der Waals surface area contributed by atoms with Gasteiger partial charge in [-0.05, 0) is 38.3 Å². The van der Waals surface area contributed by atoms with E-state index in [0.29, 0.717) is 6.61 Å². The average Bonchev–Trinajstić information content (AvgIpc) is 2.55. The maximum absolute atomic E-state index is 11.0. The highest BCUT2D eigenvalue weighted by Crippen LogP contribution is 2.35. The second-order valence-corrected chi connectivity index (χ2v) is 6.26. The van der Waals surface area contributed by atoms with Crippen LogP contribution in [0.5, 0.6) is 5.75 Å². The molecule has 2 rings (SSSR count). The highest BCUT2D eigenvalue weighted by Gasteiger charge is 2.28. The van der Waals surface area contributed by atoms with Crippen LogP contribution >= 0.6 is 0 Å². The van der Waals surface area contributed by atoms with Crippen molar-refractivity contribution in [3.8, 4) is 5.75 Å². The summed E-state index contributed by atoms with van der Waals surface area (Å²) in [6, 6.07) is 4.25. The molecule has 1 aromatic rings. The van der Waals surface area contributed by atoms with Crippen molar-refractivity contribution in [3.63, 3.8) is 0 Å². The van der Waals surface area contributed by atoms with E-state index in [0.717, 1.165) is 55.0 Å². The summed E-state index contributed by atoms with van der Waals surface area (Å²) in [6.07, 6.45) is 0.445. The van der Waals surface area contributed by atoms with Crippen molar-refractivity contribution in [3.05, 3.63) is 28.8 Å². The Labute approximate surface area is 134 Å². The molecule has 0 amide bonds. The van der Waals surface area contributed by atoms with Gasteiger partial charge in [-0.1, -0.05) is 19.1 Å². The van der Waals surface area contributed by atoms with Crippen LogP contribution in [-0.2, 0) is 0 Å². The predicted octanol–water partition coefficient (Wildman–Crippen LogP) is 2.42. The van der Waals surface area contributed by atoms with E-state index in [-0.39, 0.29) is 6.04 Å². The summed E-state index contributed by atoms with van der Waals surface area (Å²) >= 11 is 0. The summed E-state index contributed by atoms with van der Waals surface area (Å²) in [5, 5.41) is 14.3. The van der Waals surface area contributed by atoms with Gasteiger partial charge in [-0.2, -0.15) is 0 Å². The number of benzene rings is 1. The predicted molar refractivity (Wildman–Crippen MR) is 90.6 cm³/mol. The van der Waals surface area contributed by atoms with Crippen molar-refractivity contribution in [1.29, 1.82) is 0 Å². The Kier molecular flexibility index (Phi) is 6.24. The van der Waals surface area contributed by atoms with Gasteiger partial charge in [0.1, 0.15) is 5.75 Å². The fourth-order valence-electron chi connectivity index (χ4n) is 3.10. The molecule has 124 valence electrons. The van der Waals surface area contributed by atoms with Gasteiger partial charge in [0.05, 0.1) is 12.7 Å². The quantitative estimate of drug-likeness (QED) is 0.847. The SMILES string of the molecule is CCCOc1c(C)ccc(C)c1C(O)C(C)N1CCNCC1. The van der Waals surface area contributed by atoms with E-state index in [4.69, 9.17) is 4.74 Å². The first kappa shape index (κ1) is 17.3. The van der Waals surface area contributed by atoms with Gasteiger partial charge in [-0.15, -0.1) is 0 Å². The van der Waals surface area contributed by atoms with Crippen molar-refractivity contribution < 1.29 is 9.84 Å². The minimum Gasteiger partial charge on any atom is -0.493 e.